The van der Waals surface area contributed by atoms with Gasteiger partial charge in [-0.2, -0.15) is 5.26 Å². The van der Waals surface area contributed by atoms with Crippen LogP contribution in [0.5, 0.6) is 23.0 Å². The first-order valence-corrected chi connectivity index (χ1v) is 10.5. The molecule has 3 aromatic rings. The van der Waals surface area contributed by atoms with E-state index in [1.54, 1.807) is 42.5 Å². The van der Waals surface area contributed by atoms with Crippen LogP contribution in [0.1, 0.15) is 22.6 Å². The van der Waals surface area contributed by atoms with Crippen molar-refractivity contribution in [1.29, 1.82) is 5.26 Å². The number of hydrogen-bond acceptors (Lipinski definition) is 8. The number of ether oxygens (including phenoxy) is 4. The molecule has 0 radical (unpaired) electrons. The van der Waals surface area contributed by atoms with E-state index in [9.17, 15) is 15.4 Å². The number of rotatable bonds is 5. The second kappa shape index (κ2) is 8.50. The van der Waals surface area contributed by atoms with Crippen molar-refractivity contribution in [3.8, 4) is 29.1 Å². The van der Waals surface area contributed by atoms with Crippen molar-refractivity contribution in [1.82, 2.24) is 0 Å². The molecule has 1 atom stereocenters. The average molecular weight is 478 g/mol. The third-order valence-electron chi connectivity index (χ3n) is 5.54. The fourth-order valence-corrected chi connectivity index (χ4v) is 4.12. The highest BCUT2D eigenvalue weighted by Crippen LogP contribution is 2.48. The zero-order valence-electron chi connectivity index (χ0n) is 17.5. The molecule has 0 saturated heterocycles. The highest BCUT2D eigenvalue weighted by Gasteiger charge is 2.33. The third kappa shape index (κ3) is 3.80. The maximum atomic E-state index is 10.8. The van der Waals surface area contributed by atoms with Crippen LogP contribution in [0, 0.1) is 21.4 Å². The van der Waals surface area contributed by atoms with Gasteiger partial charge in [-0.05, 0) is 41.5 Å². The van der Waals surface area contributed by atoms with E-state index in [0.717, 1.165) is 11.1 Å². The minimum atomic E-state index is -0.524. The predicted molar refractivity (Wildman–Crippen MR) is 121 cm³/mol. The number of benzene rings is 3. The van der Waals surface area contributed by atoms with Crippen molar-refractivity contribution in [2.75, 3.05) is 6.79 Å². The van der Waals surface area contributed by atoms with E-state index in [4.69, 9.17) is 36.3 Å². The summed E-state index contributed by atoms with van der Waals surface area (Å²) in [6.07, 6.45) is 0. The van der Waals surface area contributed by atoms with E-state index in [2.05, 4.69) is 6.07 Å². The molecule has 5 rings (SSSR count). The van der Waals surface area contributed by atoms with Crippen LogP contribution in [-0.4, -0.2) is 11.7 Å². The molecule has 3 aromatic carbocycles. The van der Waals surface area contributed by atoms with Gasteiger partial charge < -0.3 is 24.7 Å². The Kier molecular flexibility index (Phi) is 5.36. The van der Waals surface area contributed by atoms with Gasteiger partial charge in [0.05, 0.1) is 15.9 Å². The summed E-state index contributed by atoms with van der Waals surface area (Å²) in [5, 5.41) is 20.9. The molecule has 0 aliphatic carbocycles. The van der Waals surface area contributed by atoms with Gasteiger partial charge in [0.15, 0.2) is 11.5 Å². The number of nitrogens with zero attached hydrogens (tertiary/aromatic N) is 2. The van der Waals surface area contributed by atoms with Crippen LogP contribution in [0.3, 0.4) is 0 Å². The molecule has 0 spiro atoms. The third-order valence-corrected chi connectivity index (χ3v) is 5.84. The predicted octanol–water partition coefficient (Wildman–Crippen LogP) is 4.77. The smallest absolute Gasteiger partial charge is 0.269 e. The van der Waals surface area contributed by atoms with Gasteiger partial charge in [0.2, 0.25) is 12.7 Å². The van der Waals surface area contributed by atoms with Gasteiger partial charge in [-0.15, -0.1) is 0 Å². The van der Waals surface area contributed by atoms with Gasteiger partial charge in [0, 0.05) is 23.8 Å². The van der Waals surface area contributed by atoms with Gasteiger partial charge in [-0.1, -0.05) is 17.7 Å². The summed E-state index contributed by atoms with van der Waals surface area (Å²) in [7, 11) is 0. The minimum absolute atomic E-state index is 0.00566. The summed E-state index contributed by atoms with van der Waals surface area (Å²) in [6.45, 7) is 0.278. The van der Waals surface area contributed by atoms with E-state index >= 15 is 0 Å². The van der Waals surface area contributed by atoms with E-state index in [1.807, 2.05) is 0 Å². The maximum absolute atomic E-state index is 10.8. The van der Waals surface area contributed by atoms with Gasteiger partial charge in [0.1, 0.15) is 29.7 Å². The Morgan fingerprint density at radius 1 is 1.12 bits per heavy atom. The second-order valence-electron chi connectivity index (χ2n) is 7.57. The van der Waals surface area contributed by atoms with Gasteiger partial charge >= 0.3 is 0 Å². The first kappa shape index (κ1) is 21.4. The van der Waals surface area contributed by atoms with Crippen molar-refractivity contribution in [2.45, 2.75) is 12.5 Å². The SMILES string of the molecule is N#CC1=C(N)Oc2cc3c(cc2C1c1ccc(OCc2ccc([N+](=O)[O-])cc2)c(Cl)c1)OCO3. The lowest BCUT2D eigenvalue weighted by molar-refractivity contribution is -0.384. The average Bonchev–Trinajstić information content (AvgIpc) is 3.28. The molecule has 9 nitrogen and oxygen atoms in total. The van der Waals surface area contributed by atoms with Crippen LogP contribution >= 0.6 is 11.6 Å². The van der Waals surface area contributed by atoms with E-state index in [-0.39, 0.29) is 30.5 Å². The molecule has 2 N–H and O–H groups in total. The largest absolute Gasteiger partial charge is 0.487 e. The monoisotopic (exact) mass is 477 g/mol. The number of nitriles is 1. The first-order valence-electron chi connectivity index (χ1n) is 10.1. The van der Waals surface area contributed by atoms with Gasteiger partial charge in [-0.25, -0.2) is 0 Å². The summed E-state index contributed by atoms with van der Waals surface area (Å²) in [6, 6.07) is 16.9. The lowest BCUT2D eigenvalue weighted by Crippen LogP contribution is -2.21. The second-order valence-corrected chi connectivity index (χ2v) is 7.98. The van der Waals surface area contributed by atoms with Gasteiger partial charge in [-0.3, -0.25) is 10.1 Å². The Hall–Kier alpha value is -4.42. The molecule has 2 heterocycles. The molecule has 0 fully saturated rings. The molecule has 34 heavy (non-hydrogen) atoms. The summed E-state index contributed by atoms with van der Waals surface area (Å²) in [4.78, 5) is 10.3. The minimum Gasteiger partial charge on any atom is -0.487 e. The lowest BCUT2D eigenvalue weighted by atomic mass is 9.83. The number of allylic oxidation sites excluding steroid dienone is 1. The molecule has 0 bridgehead atoms. The standard InChI is InChI=1S/C24H16ClN3O6/c25-18-7-14(3-6-19(18)31-11-13-1-4-15(5-2-13)28(29)30)23-16-8-21-22(33-12-32-21)9-20(16)34-24(27)17(23)10-26/h1-9,23H,11-12,27H2. The van der Waals surface area contributed by atoms with E-state index in [1.165, 1.54) is 12.1 Å². The van der Waals surface area contributed by atoms with E-state index in [0.29, 0.717) is 33.6 Å². The maximum Gasteiger partial charge on any atom is 0.269 e. The summed E-state index contributed by atoms with van der Waals surface area (Å²) < 4.78 is 22.4. The molecular formula is C24H16ClN3O6. The Morgan fingerprint density at radius 3 is 2.53 bits per heavy atom. The first-order chi connectivity index (χ1) is 16.4. The number of halogens is 1. The van der Waals surface area contributed by atoms with Gasteiger partial charge in [0.25, 0.3) is 5.69 Å². The molecular weight excluding hydrogens is 462 g/mol. The number of nitro benzene ring substituents is 1. The fourth-order valence-electron chi connectivity index (χ4n) is 3.88. The summed E-state index contributed by atoms with van der Waals surface area (Å²) in [5.41, 5.74) is 8.48. The number of fused-ring (bicyclic) bond motifs is 2. The molecule has 0 aromatic heterocycles. The van der Waals surface area contributed by atoms with Crippen LogP contribution in [0.25, 0.3) is 0 Å². The zero-order chi connectivity index (χ0) is 23.8. The highest BCUT2D eigenvalue weighted by atomic mass is 35.5. The van der Waals surface area contributed by atoms with Crippen molar-refractivity contribution in [3.63, 3.8) is 0 Å². The highest BCUT2D eigenvalue weighted by molar-refractivity contribution is 6.32. The number of nitrogens with two attached hydrogens (primary N) is 1. The Balaban J connectivity index is 1.43. The molecule has 2 aliphatic heterocycles. The summed E-state index contributed by atoms with van der Waals surface area (Å²) in [5.74, 6) is 1.48. The van der Waals surface area contributed by atoms with E-state index < -0.39 is 10.8 Å². The van der Waals surface area contributed by atoms with Crippen LogP contribution in [0.4, 0.5) is 5.69 Å². The molecule has 0 amide bonds. The quantitative estimate of drug-likeness (QED) is 0.410. The molecule has 10 heteroatoms. The lowest BCUT2D eigenvalue weighted by Gasteiger charge is -2.27. The topological polar surface area (TPSA) is 130 Å². The van der Waals surface area contributed by atoms with Crippen LogP contribution in [-0.2, 0) is 6.61 Å². The van der Waals surface area contributed by atoms with Crippen LogP contribution in [0.2, 0.25) is 5.02 Å². The Bertz CT molecular complexity index is 1380. The zero-order valence-corrected chi connectivity index (χ0v) is 18.2. The number of nitro groups is 1. The summed E-state index contributed by atoms with van der Waals surface area (Å²) >= 11 is 6.51. The Morgan fingerprint density at radius 2 is 1.85 bits per heavy atom. The molecule has 170 valence electrons. The fraction of sp³-hybridized carbons (Fsp3) is 0.125. The number of hydrogen-bond donors (Lipinski definition) is 1. The van der Waals surface area contributed by atoms with Crippen molar-refractivity contribution in [2.24, 2.45) is 5.73 Å². The van der Waals surface area contributed by atoms with Crippen LogP contribution < -0.4 is 24.7 Å². The molecule has 0 saturated carbocycles. The van der Waals surface area contributed by atoms with Crippen molar-refractivity contribution >= 4 is 17.3 Å². The van der Waals surface area contributed by atoms with Crippen molar-refractivity contribution in [3.05, 3.63) is 97.9 Å². The normalized spacial score (nSPS) is 15.8. The Labute approximate surface area is 198 Å². The van der Waals surface area contributed by atoms with Crippen molar-refractivity contribution < 1.29 is 23.9 Å². The molecule has 2 aliphatic rings. The number of non-ortho nitro benzene ring substituents is 1. The van der Waals surface area contributed by atoms with Crippen LogP contribution in [0.15, 0.2) is 66.1 Å². The molecule has 1 unspecified atom stereocenters.